The number of carbonyl (C=O) groups is 1. The minimum Gasteiger partial charge on any atom is -0.321 e. The smallest absolute Gasteiger partial charge is 0.274 e. The average molecular weight is 460 g/mol. The molecule has 1 amide bonds. The van der Waals surface area contributed by atoms with Crippen molar-refractivity contribution in [1.82, 2.24) is 24.5 Å². The maximum absolute atomic E-state index is 13.0. The fraction of sp³-hybridized carbons (Fsp3) is 0.526. The molecular weight excluding hydrogens is 434 g/mol. The van der Waals surface area contributed by atoms with Crippen molar-refractivity contribution in [3.8, 4) is 6.07 Å². The number of nitrogens with two attached hydrogens (primary N) is 1. The molecule has 2 fully saturated rings. The fourth-order valence-corrected chi connectivity index (χ4v) is 4.43. The lowest BCUT2D eigenvalue weighted by atomic mass is 9.83. The summed E-state index contributed by atoms with van der Waals surface area (Å²) in [7, 11) is -3.82. The van der Waals surface area contributed by atoms with E-state index in [1.807, 2.05) is 0 Å². The Bertz CT molecular complexity index is 1180. The molecule has 0 aromatic carbocycles. The first-order valence-electron chi connectivity index (χ1n) is 10.2. The summed E-state index contributed by atoms with van der Waals surface area (Å²) in [6.07, 6.45) is 7.13. The van der Waals surface area contributed by atoms with Crippen LogP contribution < -0.4 is 20.1 Å². The van der Waals surface area contributed by atoms with Crippen LogP contribution in [0.4, 0.5) is 17.5 Å². The van der Waals surface area contributed by atoms with Crippen LogP contribution in [0.25, 0.3) is 0 Å². The number of hydrogen-bond acceptors (Lipinski definition) is 8. The van der Waals surface area contributed by atoms with Crippen LogP contribution in [-0.2, 0) is 20.5 Å². The zero-order valence-corrected chi connectivity index (χ0v) is 18.6. The van der Waals surface area contributed by atoms with Crippen molar-refractivity contribution in [2.45, 2.75) is 38.6 Å². The maximum atomic E-state index is 13.0. The van der Waals surface area contributed by atoms with Crippen molar-refractivity contribution >= 4 is 33.6 Å². The van der Waals surface area contributed by atoms with E-state index in [9.17, 15) is 18.5 Å². The van der Waals surface area contributed by atoms with Crippen LogP contribution in [0.1, 0.15) is 33.1 Å². The van der Waals surface area contributed by atoms with E-state index >= 15 is 0 Å². The van der Waals surface area contributed by atoms with Gasteiger partial charge in [0, 0.05) is 25.5 Å². The third-order valence-electron chi connectivity index (χ3n) is 5.91. The van der Waals surface area contributed by atoms with E-state index < -0.39 is 21.2 Å². The highest BCUT2D eigenvalue weighted by Gasteiger charge is 2.57. The number of aromatic nitrogens is 4. The van der Waals surface area contributed by atoms with Crippen molar-refractivity contribution in [2.24, 2.45) is 16.5 Å². The lowest BCUT2D eigenvalue weighted by Gasteiger charge is -2.25. The van der Waals surface area contributed by atoms with Crippen LogP contribution in [0.15, 0.2) is 24.7 Å². The molecule has 0 radical (unpaired) electrons. The predicted molar refractivity (Wildman–Crippen MR) is 116 cm³/mol. The summed E-state index contributed by atoms with van der Waals surface area (Å²) >= 11 is 0. The van der Waals surface area contributed by atoms with E-state index in [4.69, 9.17) is 5.14 Å². The van der Waals surface area contributed by atoms with E-state index in [-0.39, 0.29) is 24.3 Å². The van der Waals surface area contributed by atoms with Crippen molar-refractivity contribution in [3.63, 3.8) is 0 Å². The Hall–Kier alpha value is -3.08. The number of amides is 1. The fourth-order valence-electron chi connectivity index (χ4n) is 3.87. The van der Waals surface area contributed by atoms with Gasteiger partial charge in [-0.15, -0.1) is 0 Å². The molecule has 2 aromatic heterocycles. The Kier molecular flexibility index (Phi) is 5.40. The summed E-state index contributed by atoms with van der Waals surface area (Å²) in [5.74, 6) is 0.665. The summed E-state index contributed by atoms with van der Waals surface area (Å²) in [5, 5.41) is 22.0. The van der Waals surface area contributed by atoms with Gasteiger partial charge in [0.25, 0.3) is 10.2 Å². The first kappa shape index (κ1) is 22.1. The molecule has 0 bridgehead atoms. The normalized spacial score (nSPS) is 21.6. The third-order valence-corrected chi connectivity index (χ3v) is 6.46. The highest BCUT2D eigenvalue weighted by molar-refractivity contribution is 7.87. The number of nitrogens with one attached hydrogen (secondary N) is 2. The summed E-state index contributed by atoms with van der Waals surface area (Å²) in [6.45, 7) is 4.11. The molecule has 0 spiro atoms. The maximum Gasteiger partial charge on any atom is 0.274 e. The van der Waals surface area contributed by atoms with Crippen molar-refractivity contribution in [3.05, 3.63) is 24.7 Å². The summed E-state index contributed by atoms with van der Waals surface area (Å²) in [5.41, 5.74) is -1.03. The van der Waals surface area contributed by atoms with Gasteiger partial charge in [-0.25, -0.2) is 14.8 Å². The number of nitriles is 1. The topological polar surface area (TPSA) is 172 Å². The number of hydrogen-bond donors (Lipinski definition) is 3. The molecule has 2 aromatic rings. The predicted octanol–water partition coefficient (Wildman–Crippen LogP) is 0.602. The molecular formula is C19H25N9O3S. The molecule has 0 unspecified atom stereocenters. The molecule has 4 N–H and O–H groups in total. The molecule has 170 valence electrons. The first-order valence-corrected chi connectivity index (χ1v) is 11.7. The molecule has 1 saturated heterocycles. The van der Waals surface area contributed by atoms with Gasteiger partial charge in [-0.1, -0.05) is 0 Å². The first-order chi connectivity index (χ1) is 15.0. The van der Waals surface area contributed by atoms with Gasteiger partial charge in [-0.2, -0.15) is 23.8 Å². The van der Waals surface area contributed by atoms with Gasteiger partial charge in [0.15, 0.2) is 0 Å². The molecule has 32 heavy (non-hydrogen) atoms. The molecule has 1 saturated carbocycles. The van der Waals surface area contributed by atoms with E-state index in [1.54, 1.807) is 48.1 Å². The lowest BCUT2D eigenvalue weighted by Crippen LogP contribution is -2.43. The Morgan fingerprint density at radius 3 is 2.81 bits per heavy atom. The minimum absolute atomic E-state index is 0.0532. The van der Waals surface area contributed by atoms with Gasteiger partial charge in [0.2, 0.25) is 11.9 Å². The van der Waals surface area contributed by atoms with Crippen LogP contribution in [0.3, 0.4) is 0 Å². The molecule has 1 aliphatic heterocycles. The van der Waals surface area contributed by atoms with Crippen molar-refractivity contribution in [2.75, 3.05) is 23.3 Å². The van der Waals surface area contributed by atoms with Crippen LogP contribution >= 0.6 is 0 Å². The lowest BCUT2D eigenvalue weighted by molar-refractivity contribution is -0.123. The number of carbonyl (C=O) groups excluding carboxylic acids is 1. The van der Waals surface area contributed by atoms with Crippen LogP contribution in [0.2, 0.25) is 0 Å². The molecule has 1 atom stereocenters. The molecule has 12 nitrogen and oxygen atoms in total. The zero-order valence-electron chi connectivity index (χ0n) is 17.8. The van der Waals surface area contributed by atoms with Crippen LogP contribution in [0, 0.1) is 22.7 Å². The zero-order chi connectivity index (χ0) is 23.1. The van der Waals surface area contributed by atoms with Gasteiger partial charge in [-0.3, -0.25) is 14.4 Å². The summed E-state index contributed by atoms with van der Waals surface area (Å²) in [4.78, 5) is 23.2. The SMILES string of the molecule is CC(C)(CNS(N)(=O)=O)n1cc(Nc2nccc(N3CC[C@@](C#N)(C4CC4)C3=O)n2)cn1. The second-order valence-electron chi connectivity index (χ2n) is 8.78. The van der Waals surface area contributed by atoms with Crippen LogP contribution in [-0.4, -0.2) is 47.2 Å². The number of anilines is 3. The second-order valence-corrected chi connectivity index (χ2v) is 10.2. The van der Waals surface area contributed by atoms with Crippen LogP contribution in [0.5, 0.6) is 0 Å². The quantitative estimate of drug-likeness (QED) is 0.515. The Labute approximate surface area is 186 Å². The molecule has 1 aliphatic carbocycles. The number of rotatable bonds is 8. The summed E-state index contributed by atoms with van der Waals surface area (Å²) < 4.78 is 26.2. The Morgan fingerprint density at radius 1 is 1.41 bits per heavy atom. The number of nitrogens with zero attached hydrogens (tertiary/aromatic N) is 6. The van der Waals surface area contributed by atoms with Gasteiger partial charge in [0.1, 0.15) is 11.2 Å². The van der Waals surface area contributed by atoms with Crippen molar-refractivity contribution < 1.29 is 13.2 Å². The van der Waals surface area contributed by atoms with E-state index in [0.29, 0.717) is 24.5 Å². The Morgan fingerprint density at radius 2 is 2.16 bits per heavy atom. The third kappa shape index (κ3) is 4.29. The standard InChI is InChI=1S/C19H25N9O3S/c1-18(2,12-24-32(21,30)31)28-10-14(9-23-28)25-17-22-7-5-15(26-17)27-8-6-19(11-20,16(27)29)13-3-4-13/h5,7,9-10,13,24H,3-4,6,8,12H2,1-2H3,(H2,21,30,31)(H,22,25,26)/t19-/m1/s1. The van der Waals surface area contributed by atoms with E-state index in [2.05, 4.69) is 31.2 Å². The minimum atomic E-state index is -3.82. The summed E-state index contributed by atoms with van der Waals surface area (Å²) in [6, 6.07) is 3.92. The van der Waals surface area contributed by atoms with E-state index in [1.165, 1.54) is 0 Å². The van der Waals surface area contributed by atoms with Gasteiger partial charge < -0.3 is 5.32 Å². The van der Waals surface area contributed by atoms with Gasteiger partial charge in [0.05, 0.1) is 23.5 Å². The molecule has 3 heterocycles. The van der Waals surface area contributed by atoms with Gasteiger partial charge >= 0.3 is 0 Å². The average Bonchev–Trinajstić information content (AvgIpc) is 3.38. The van der Waals surface area contributed by atoms with E-state index in [0.717, 1.165) is 12.8 Å². The molecule has 4 rings (SSSR count). The van der Waals surface area contributed by atoms with Gasteiger partial charge in [-0.05, 0) is 45.1 Å². The highest BCUT2D eigenvalue weighted by atomic mass is 32.2. The highest BCUT2D eigenvalue weighted by Crippen LogP contribution is 2.51. The monoisotopic (exact) mass is 459 g/mol. The molecule has 13 heteroatoms. The Balaban J connectivity index is 1.48. The second kappa shape index (κ2) is 7.80. The molecule has 2 aliphatic rings. The largest absolute Gasteiger partial charge is 0.321 e. The van der Waals surface area contributed by atoms with Crippen molar-refractivity contribution in [1.29, 1.82) is 5.26 Å².